The van der Waals surface area contributed by atoms with Crippen molar-refractivity contribution in [3.05, 3.63) is 53.1 Å². The van der Waals surface area contributed by atoms with Crippen LogP contribution in [0, 0.1) is 0 Å². The molecule has 2 aromatic carbocycles. The predicted octanol–water partition coefficient (Wildman–Crippen LogP) is 3.71. The average Bonchev–Trinajstić information content (AvgIpc) is 2.55. The number of phenols is 1. The summed E-state index contributed by atoms with van der Waals surface area (Å²) in [6.07, 6.45) is 1.41. The third-order valence-corrected chi connectivity index (χ3v) is 4.31. The van der Waals surface area contributed by atoms with Crippen LogP contribution < -0.4 is 4.74 Å². The van der Waals surface area contributed by atoms with Crippen LogP contribution in [0.5, 0.6) is 11.5 Å². The van der Waals surface area contributed by atoms with E-state index in [0.717, 1.165) is 12.0 Å². The Labute approximate surface area is 143 Å². The topological polar surface area (TPSA) is 83.8 Å². The van der Waals surface area contributed by atoms with Gasteiger partial charge in [0.25, 0.3) is 0 Å². The van der Waals surface area contributed by atoms with E-state index >= 15 is 0 Å². The van der Waals surface area contributed by atoms with Gasteiger partial charge in [0.1, 0.15) is 18.1 Å². The molecule has 0 heterocycles. The van der Waals surface area contributed by atoms with Gasteiger partial charge in [0, 0.05) is 5.56 Å². The summed E-state index contributed by atoms with van der Waals surface area (Å²) in [5, 5.41) is 10.3. The minimum Gasteiger partial charge on any atom is -0.507 e. The number of carbonyl (C=O) groups excluding carboxylic acids is 1. The van der Waals surface area contributed by atoms with Crippen molar-refractivity contribution in [1.29, 1.82) is 0 Å². The fourth-order valence-electron chi connectivity index (χ4n) is 2.39. The van der Waals surface area contributed by atoms with Gasteiger partial charge in [-0.15, -0.1) is 0 Å². The maximum Gasteiger partial charge on any atom is 0.186 e. The highest BCUT2D eigenvalue weighted by atomic mass is 32.2. The first-order valence-electron chi connectivity index (χ1n) is 7.62. The van der Waals surface area contributed by atoms with E-state index in [9.17, 15) is 14.1 Å². The van der Waals surface area contributed by atoms with Gasteiger partial charge < -0.3 is 14.4 Å². The van der Waals surface area contributed by atoms with Crippen LogP contribution in [0.4, 0.5) is 0 Å². The highest BCUT2D eigenvalue weighted by Crippen LogP contribution is 2.33. The van der Waals surface area contributed by atoms with E-state index < -0.39 is 11.1 Å². The molecule has 0 spiro atoms. The minimum absolute atomic E-state index is 0.0205. The van der Waals surface area contributed by atoms with Gasteiger partial charge in [0.15, 0.2) is 16.9 Å². The van der Waals surface area contributed by atoms with Crippen LogP contribution in [0.25, 0.3) is 0 Å². The molecule has 2 rings (SSSR count). The summed E-state index contributed by atoms with van der Waals surface area (Å²) in [6, 6.07) is 9.82. The predicted molar refractivity (Wildman–Crippen MR) is 91.9 cm³/mol. The zero-order chi connectivity index (χ0) is 17.7. The van der Waals surface area contributed by atoms with E-state index in [1.165, 1.54) is 6.92 Å². The van der Waals surface area contributed by atoms with Crippen LogP contribution in [0.15, 0.2) is 41.3 Å². The molecule has 1 unspecified atom stereocenters. The molecule has 2 aromatic rings. The van der Waals surface area contributed by atoms with Gasteiger partial charge in [-0.25, -0.2) is 4.21 Å². The number of hydrogen-bond acceptors (Lipinski definition) is 4. The number of ketones is 1. The van der Waals surface area contributed by atoms with Crippen LogP contribution in [0.3, 0.4) is 0 Å². The second-order valence-electron chi connectivity index (χ2n) is 5.43. The van der Waals surface area contributed by atoms with Gasteiger partial charge >= 0.3 is 0 Å². The van der Waals surface area contributed by atoms with Gasteiger partial charge in [-0.3, -0.25) is 4.79 Å². The number of benzene rings is 2. The maximum absolute atomic E-state index is 11.6. The molecule has 0 aliphatic carbocycles. The molecule has 0 aliphatic heterocycles. The summed E-state index contributed by atoms with van der Waals surface area (Å²) in [6.45, 7) is 3.66. The number of aromatic hydroxyl groups is 1. The van der Waals surface area contributed by atoms with E-state index in [1.807, 2.05) is 6.92 Å². The fraction of sp³-hybridized carbons (Fsp3) is 0.278. The summed E-state index contributed by atoms with van der Waals surface area (Å²) < 4.78 is 25.7. The molecular formula is C18H20O5S. The lowest BCUT2D eigenvalue weighted by atomic mass is 10.0. The van der Waals surface area contributed by atoms with E-state index in [-0.39, 0.29) is 18.1 Å². The quantitative estimate of drug-likeness (QED) is 0.589. The number of carbonyl (C=O) groups is 1. The van der Waals surface area contributed by atoms with Crippen molar-refractivity contribution in [2.75, 3.05) is 0 Å². The molecule has 128 valence electrons. The number of hydrogen-bond donors (Lipinski definition) is 2. The molecule has 6 heteroatoms. The molecule has 5 nitrogen and oxygen atoms in total. The zero-order valence-corrected chi connectivity index (χ0v) is 14.4. The van der Waals surface area contributed by atoms with Crippen LogP contribution in [0.1, 0.15) is 41.8 Å². The molecule has 1 atom stereocenters. The first kappa shape index (κ1) is 18.2. The Bertz CT molecular complexity index is 753. The van der Waals surface area contributed by atoms with E-state index in [2.05, 4.69) is 0 Å². The Kier molecular flexibility index (Phi) is 6.11. The van der Waals surface area contributed by atoms with Crippen molar-refractivity contribution in [2.45, 2.75) is 38.2 Å². The number of ether oxygens (including phenoxy) is 1. The lowest BCUT2D eigenvalue weighted by Gasteiger charge is -2.14. The maximum atomic E-state index is 11.6. The second-order valence-corrected chi connectivity index (χ2v) is 6.40. The Morgan fingerprint density at radius 3 is 2.38 bits per heavy atom. The Balaban J connectivity index is 2.21. The van der Waals surface area contributed by atoms with Crippen LogP contribution in [-0.2, 0) is 24.1 Å². The average molecular weight is 348 g/mol. The number of rotatable bonds is 7. The highest BCUT2D eigenvalue weighted by Gasteiger charge is 2.16. The van der Waals surface area contributed by atoms with Crippen LogP contribution in [0.2, 0.25) is 0 Å². The van der Waals surface area contributed by atoms with Crippen molar-refractivity contribution in [3.8, 4) is 11.5 Å². The summed E-state index contributed by atoms with van der Waals surface area (Å²) in [5.41, 5.74) is 1.75. The molecule has 0 saturated heterocycles. The SMILES string of the molecule is CCCc1c(OCc2ccc(S(=O)O)cc2)ccc(C(C)=O)c1O. The van der Waals surface area contributed by atoms with Crippen LogP contribution in [-0.4, -0.2) is 19.7 Å². The molecule has 0 amide bonds. The summed E-state index contributed by atoms with van der Waals surface area (Å²) in [4.78, 5) is 11.9. The smallest absolute Gasteiger partial charge is 0.186 e. The lowest BCUT2D eigenvalue weighted by molar-refractivity contribution is 0.101. The van der Waals surface area contributed by atoms with Gasteiger partial charge in [-0.05, 0) is 43.2 Å². The first-order chi connectivity index (χ1) is 11.4. The van der Waals surface area contributed by atoms with Crippen LogP contribution >= 0.6 is 0 Å². The Morgan fingerprint density at radius 2 is 1.83 bits per heavy atom. The van der Waals surface area contributed by atoms with Crippen molar-refractivity contribution in [2.24, 2.45) is 0 Å². The lowest BCUT2D eigenvalue weighted by Crippen LogP contribution is -2.02. The van der Waals surface area contributed by atoms with Gasteiger partial charge in [0.05, 0.1) is 10.5 Å². The largest absolute Gasteiger partial charge is 0.507 e. The summed E-state index contributed by atoms with van der Waals surface area (Å²) in [7, 11) is 0. The molecule has 0 saturated carbocycles. The van der Waals surface area contributed by atoms with Gasteiger partial charge in [-0.2, -0.15) is 0 Å². The van der Waals surface area contributed by atoms with Gasteiger partial charge in [0.2, 0.25) is 0 Å². The summed E-state index contributed by atoms with van der Waals surface area (Å²) >= 11 is -2.00. The molecule has 0 fully saturated rings. The molecule has 24 heavy (non-hydrogen) atoms. The van der Waals surface area contributed by atoms with Crippen molar-refractivity contribution in [1.82, 2.24) is 0 Å². The summed E-state index contributed by atoms with van der Waals surface area (Å²) in [5.74, 6) is 0.325. The van der Waals surface area contributed by atoms with E-state index in [0.29, 0.717) is 28.2 Å². The third kappa shape index (κ3) is 4.21. The Morgan fingerprint density at radius 1 is 1.17 bits per heavy atom. The first-order valence-corrected chi connectivity index (χ1v) is 8.73. The monoisotopic (exact) mass is 348 g/mol. The Hall–Kier alpha value is -2.18. The molecule has 0 aromatic heterocycles. The molecular weight excluding hydrogens is 328 g/mol. The standard InChI is InChI=1S/C18H20O5S/c1-3-4-16-17(10-9-15(12(2)19)18(16)20)23-11-13-5-7-14(8-6-13)24(21)22/h5-10,20H,3-4,11H2,1-2H3,(H,21,22). The van der Waals surface area contributed by atoms with E-state index in [4.69, 9.17) is 9.29 Å². The zero-order valence-electron chi connectivity index (χ0n) is 13.6. The normalized spacial score (nSPS) is 12.0. The second kappa shape index (κ2) is 8.08. The number of phenolic OH excluding ortho intramolecular Hbond substituents is 1. The third-order valence-electron chi connectivity index (χ3n) is 3.64. The minimum atomic E-state index is -2.00. The van der Waals surface area contributed by atoms with Crippen molar-refractivity contribution < 1.29 is 23.4 Å². The number of Topliss-reactive ketones (excluding diaryl/α,β-unsaturated/α-hetero) is 1. The van der Waals surface area contributed by atoms with E-state index in [1.54, 1.807) is 36.4 Å². The highest BCUT2D eigenvalue weighted by molar-refractivity contribution is 7.79. The van der Waals surface area contributed by atoms with Crippen molar-refractivity contribution >= 4 is 16.9 Å². The van der Waals surface area contributed by atoms with Crippen molar-refractivity contribution in [3.63, 3.8) is 0 Å². The molecule has 0 radical (unpaired) electrons. The molecule has 0 bridgehead atoms. The molecule has 2 N–H and O–H groups in total. The van der Waals surface area contributed by atoms with Gasteiger partial charge in [-0.1, -0.05) is 25.5 Å². The molecule has 0 aliphatic rings. The fourth-order valence-corrected chi connectivity index (χ4v) is 2.76.